The number of nitrogens with zero attached hydrogens (tertiary/aromatic N) is 1. The molecule has 0 radical (unpaired) electrons. The summed E-state index contributed by atoms with van der Waals surface area (Å²) in [5, 5.41) is 3.72. The molecule has 1 aliphatic rings. The summed E-state index contributed by atoms with van der Waals surface area (Å²) >= 11 is 4.36. The fourth-order valence-electron chi connectivity index (χ4n) is 3.06. The van der Waals surface area contributed by atoms with E-state index in [1.807, 2.05) is 31.2 Å². The van der Waals surface area contributed by atoms with Gasteiger partial charge in [0.25, 0.3) is 0 Å². The first-order valence-electron chi connectivity index (χ1n) is 8.48. The van der Waals surface area contributed by atoms with Crippen LogP contribution in [0.4, 0.5) is 0 Å². The van der Waals surface area contributed by atoms with Crippen LogP contribution in [0.1, 0.15) is 53.6 Å². The van der Waals surface area contributed by atoms with Gasteiger partial charge in [-0.25, -0.2) is 4.79 Å². The number of aromatic nitrogens is 1. The highest BCUT2D eigenvalue weighted by molar-refractivity contribution is 7.80. The molecule has 1 aliphatic carbocycles. The van der Waals surface area contributed by atoms with Crippen molar-refractivity contribution < 1.29 is 23.6 Å². The number of hydrogen-bond donors (Lipinski definition) is 1. The van der Waals surface area contributed by atoms with Gasteiger partial charge in [0.15, 0.2) is 5.76 Å². The molecule has 0 spiro atoms. The highest BCUT2D eigenvalue weighted by atomic mass is 32.1. The van der Waals surface area contributed by atoms with Crippen LogP contribution in [-0.2, 0) is 19.7 Å². The predicted octanol–water partition coefficient (Wildman–Crippen LogP) is 3.71. The predicted molar refractivity (Wildman–Crippen MR) is 98.2 cm³/mol. The molecule has 0 N–H and O–H groups in total. The molecular formula is C19H21NO5S. The summed E-state index contributed by atoms with van der Waals surface area (Å²) in [6, 6.07) is 7.35. The fourth-order valence-corrected chi connectivity index (χ4v) is 3.23. The zero-order valence-corrected chi connectivity index (χ0v) is 15.8. The van der Waals surface area contributed by atoms with Crippen LogP contribution in [-0.4, -0.2) is 30.8 Å². The summed E-state index contributed by atoms with van der Waals surface area (Å²) in [5.74, 6) is -0.367. The van der Waals surface area contributed by atoms with Gasteiger partial charge in [0.2, 0.25) is 0 Å². The summed E-state index contributed by atoms with van der Waals surface area (Å²) in [6.45, 7) is 3.81. The Morgan fingerprint density at radius 1 is 1.31 bits per heavy atom. The van der Waals surface area contributed by atoms with Crippen molar-refractivity contribution in [3.63, 3.8) is 0 Å². The van der Waals surface area contributed by atoms with Crippen LogP contribution >= 0.6 is 12.6 Å². The minimum atomic E-state index is -0.538. The number of benzene rings is 1. The molecule has 7 heteroatoms. The zero-order chi connectivity index (χ0) is 18.9. The first-order chi connectivity index (χ1) is 12.4. The topological polar surface area (TPSA) is 78.6 Å². The number of rotatable bonds is 6. The largest absolute Gasteiger partial charge is 0.468 e. The fraction of sp³-hybridized carbons (Fsp3) is 0.421. The van der Waals surface area contributed by atoms with Gasteiger partial charge < -0.3 is 14.0 Å². The smallest absolute Gasteiger partial charge is 0.344 e. The summed E-state index contributed by atoms with van der Waals surface area (Å²) in [6.07, 6.45) is 1.55. The SMILES string of the molecule is CCOC(=O)c1c(C(C)S)noc1-c1ccc(C2(C(=O)OC)CC2)cc1. The average molecular weight is 375 g/mol. The standard InChI is InChI=1S/C19H21NO5S/c1-4-24-17(21)14-15(11(2)26)20-25-16(14)12-5-7-13(8-6-12)19(9-10-19)18(22)23-3/h5-8,11,26H,4,9-10H2,1-3H3. The number of methoxy groups -OCH3 is 1. The first kappa shape index (κ1) is 18.5. The molecule has 1 fully saturated rings. The molecule has 138 valence electrons. The van der Waals surface area contributed by atoms with Crippen molar-refractivity contribution in [2.24, 2.45) is 0 Å². The molecule has 2 aromatic rings. The Hall–Kier alpha value is -2.28. The Morgan fingerprint density at radius 3 is 2.46 bits per heavy atom. The third kappa shape index (κ3) is 3.11. The van der Waals surface area contributed by atoms with Gasteiger partial charge in [-0.15, -0.1) is 0 Å². The normalized spacial score (nSPS) is 16.0. The van der Waals surface area contributed by atoms with Gasteiger partial charge in [-0.1, -0.05) is 29.4 Å². The van der Waals surface area contributed by atoms with Gasteiger partial charge in [0.1, 0.15) is 11.3 Å². The van der Waals surface area contributed by atoms with Crippen molar-refractivity contribution in [2.75, 3.05) is 13.7 Å². The number of esters is 2. The summed E-state index contributed by atoms with van der Waals surface area (Å²) in [5.41, 5.74) is 1.78. The molecule has 3 rings (SSSR count). The maximum atomic E-state index is 12.4. The lowest BCUT2D eigenvalue weighted by molar-refractivity contribution is -0.143. The van der Waals surface area contributed by atoms with E-state index in [-0.39, 0.29) is 23.4 Å². The van der Waals surface area contributed by atoms with Gasteiger partial charge in [-0.3, -0.25) is 4.79 Å². The second kappa shape index (κ2) is 7.15. The van der Waals surface area contributed by atoms with Gasteiger partial charge >= 0.3 is 11.9 Å². The molecule has 1 unspecified atom stereocenters. The van der Waals surface area contributed by atoms with Crippen molar-refractivity contribution in [1.29, 1.82) is 0 Å². The van der Waals surface area contributed by atoms with E-state index in [0.29, 0.717) is 17.0 Å². The molecular weight excluding hydrogens is 354 g/mol. The molecule has 1 saturated carbocycles. The van der Waals surface area contributed by atoms with Crippen LogP contribution in [0.2, 0.25) is 0 Å². The van der Waals surface area contributed by atoms with Crippen molar-refractivity contribution in [2.45, 2.75) is 37.4 Å². The molecule has 1 atom stereocenters. The molecule has 1 aromatic carbocycles. The molecule has 0 aliphatic heterocycles. The molecule has 1 aromatic heterocycles. The Labute approximate surface area is 157 Å². The van der Waals surface area contributed by atoms with E-state index in [4.69, 9.17) is 14.0 Å². The van der Waals surface area contributed by atoms with Crippen molar-refractivity contribution in [3.05, 3.63) is 41.1 Å². The van der Waals surface area contributed by atoms with Gasteiger partial charge in [0.05, 0.1) is 19.1 Å². The van der Waals surface area contributed by atoms with Crippen LogP contribution in [0.5, 0.6) is 0 Å². The van der Waals surface area contributed by atoms with E-state index in [2.05, 4.69) is 17.8 Å². The molecule has 1 heterocycles. The number of carbonyl (C=O) groups excluding carboxylic acids is 2. The molecule has 26 heavy (non-hydrogen) atoms. The zero-order valence-electron chi connectivity index (χ0n) is 14.9. The maximum absolute atomic E-state index is 12.4. The number of hydrogen-bond acceptors (Lipinski definition) is 7. The summed E-state index contributed by atoms with van der Waals surface area (Å²) in [7, 11) is 1.40. The number of carbonyl (C=O) groups is 2. The second-order valence-electron chi connectivity index (χ2n) is 6.32. The highest BCUT2D eigenvalue weighted by Gasteiger charge is 2.52. The third-order valence-corrected chi connectivity index (χ3v) is 4.86. The van der Waals surface area contributed by atoms with Crippen LogP contribution < -0.4 is 0 Å². The lowest BCUT2D eigenvalue weighted by Gasteiger charge is -2.13. The number of thiol groups is 1. The lowest BCUT2D eigenvalue weighted by Crippen LogP contribution is -2.21. The van der Waals surface area contributed by atoms with Gasteiger partial charge in [-0.05, 0) is 32.3 Å². The molecule has 0 saturated heterocycles. The Balaban J connectivity index is 1.97. The van der Waals surface area contributed by atoms with Gasteiger partial charge in [-0.2, -0.15) is 12.6 Å². The van der Waals surface area contributed by atoms with E-state index >= 15 is 0 Å². The first-order valence-corrected chi connectivity index (χ1v) is 9.00. The second-order valence-corrected chi connectivity index (χ2v) is 7.09. The molecule has 0 amide bonds. The Bertz CT molecular complexity index is 821. The lowest BCUT2D eigenvalue weighted by atomic mass is 9.94. The van der Waals surface area contributed by atoms with Crippen LogP contribution in [0.25, 0.3) is 11.3 Å². The monoisotopic (exact) mass is 375 g/mol. The van der Waals surface area contributed by atoms with E-state index < -0.39 is 11.4 Å². The molecule has 0 bridgehead atoms. The van der Waals surface area contributed by atoms with E-state index in [1.54, 1.807) is 6.92 Å². The van der Waals surface area contributed by atoms with Crippen LogP contribution in [0, 0.1) is 0 Å². The van der Waals surface area contributed by atoms with Crippen LogP contribution in [0.3, 0.4) is 0 Å². The summed E-state index contributed by atoms with van der Waals surface area (Å²) < 4.78 is 15.5. The maximum Gasteiger partial charge on any atom is 0.344 e. The molecule has 6 nitrogen and oxygen atoms in total. The van der Waals surface area contributed by atoms with Crippen molar-refractivity contribution in [1.82, 2.24) is 5.16 Å². The van der Waals surface area contributed by atoms with Crippen LogP contribution in [0.15, 0.2) is 28.8 Å². The summed E-state index contributed by atoms with van der Waals surface area (Å²) in [4.78, 5) is 24.4. The van der Waals surface area contributed by atoms with Crippen molar-refractivity contribution in [3.8, 4) is 11.3 Å². The van der Waals surface area contributed by atoms with E-state index in [0.717, 1.165) is 18.4 Å². The minimum Gasteiger partial charge on any atom is -0.468 e. The quantitative estimate of drug-likeness (QED) is 0.612. The third-order valence-electron chi connectivity index (χ3n) is 4.62. The van der Waals surface area contributed by atoms with Crippen molar-refractivity contribution >= 4 is 24.6 Å². The average Bonchev–Trinajstić information content (AvgIpc) is 3.32. The number of ether oxygens (including phenoxy) is 2. The van der Waals surface area contributed by atoms with E-state index in [9.17, 15) is 9.59 Å². The van der Waals surface area contributed by atoms with E-state index in [1.165, 1.54) is 7.11 Å². The Kier molecular flexibility index (Phi) is 5.09. The minimum absolute atomic E-state index is 0.219. The van der Waals surface area contributed by atoms with Gasteiger partial charge in [0, 0.05) is 10.8 Å². The highest BCUT2D eigenvalue weighted by Crippen LogP contribution is 2.49. The Morgan fingerprint density at radius 2 is 1.96 bits per heavy atom.